The van der Waals surface area contributed by atoms with Gasteiger partial charge in [0, 0.05) is 26.6 Å². The molecule has 1 aromatic carbocycles. The lowest BCUT2D eigenvalue weighted by Crippen LogP contribution is -1.97. The average molecular weight is 284 g/mol. The molecule has 0 atom stereocenters. The van der Waals surface area contributed by atoms with Gasteiger partial charge in [0.05, 0.1) is 5.69 Å². The molecule has 2 aromatic heterocycles. The van der Waals surface area contributed by atoms with E-state index in [4.69, 9.17) is 10.7 Å². The van der Waals surface area contributed by atoms with Crippen molar-refractivity contribution in [2.45, 2.75) is 12.8 Å². The molecular weight excluding hydrogens is 272 g/mol. The summed E-state index contributed by atoms with van der Waals surface area (Å²) in [5.74, 6) is 0. The molecule has 0 fully saturated rings. The van der Waals surface area contributed by atoms with Crippen LogP contribution in [0.25, 0.3) is 21.8 Å². The van der Waals surface area contributed by atoms with Gasteiger partial charge in [-0.1, -0.05) is 12.1 Å². The maximum Gasteiger partial charge on any atom is 0.124 e. The fraction of sp³-hybridized carbons (Fsp3) is 0.133. The third-order valence-electron chi connectivity index (χ3n) is 3.41. The smallest absolute Gasteiger partial charge is 0.124 e. The van der Waals surface area contributed by atoms with Crippen LogP contribution in [0, 0.1) is 0 Å². The summed E-state index contributed by atoms with van der Waals surface area (Å²) < 4.78 is 0. The Bertz CT molecular complexity index is 755. The van der Waals surface area contributed by atoms with E-state index in [0.29, 0.717) is 0 Å². The third-order valence-corrected chi connectivity index (χ3v) is 5.56. The van der Waals surface area contributed by atoms with Gasteiger partial charge in [-0.15, -0.1) is 22.7 Å². The SMILES string of the molecule is Nc1cccc(-c2nc3c(s2)CCc2sccc2-3)c1. The first-order valence-electron chi connectivity index (χ1n) is 6.23. The lowest BCUT2D eigenvalue weighted by Gasteiger charge is -2.09. The topological polar surface area (TPSA) is 38.9 Å². The minimum Gasteiger partial charge on any atom is -0.399 e. The molecule has 1 aliphatic carbocycles. The van der Waals surface area contributed by atoms with Gasteiger partial charge in [-0.3, -0.25) is 0 Å². The molecule has 0 unspecified atom stereocenters. The molecule has 1 aliphatic rings. The number of thiophene rings is 1. The maximum atomic E-state index is 5.86. The Morgan fingerprint density at radius 1 is 1.11 bits per heavy atom. The molecule has 19 heavy (non-hydrogen) atoms. The highest BCUT2D eigenvalue weighted by atomic mass is 32.1. The molecular formula is C15H12N2S2. The van der Waals surface area contributed by atoms with Gasteiger partial charge in [-0.25, -0.2) is 4.98 Å². The van der Waals surface area contributed by atoms with Crippen molar-refractivity contribution in [3.05, 3.63) is 45.5 Å². The zero-order chi connectivity index (χ0) is 12.8. The highest BCUT2D eigenvalue weighted by Crippen LogP contribution is 2.41. The first kappa shape index (κ1) is 11.2. The first-order valence-corrected chi connectivity index (χ1v) is 7.93. The second kappa shape index (κ2) is 4.18. The molecule has 3 aromatic rings. The predicted molar refractivity (Wildman–Crippen MR) is 82.7 cm³/mol. The molecule has 0 amide bonds. The number of benzene rings is 1. The van der Waals surface area contributed by atoms with Crippen LogP contribution in [0.5, 0.6) is 0 Å². The van der Waals surface area contributed by atoms with Crippen LogP contribution in [0.3, 0.4) is 0 Å². The molecule has 0 spiro atoms. The Labute approximate surface area is 119 Å². The first-order chi connectivity index (χ1) is 9.31. The van der Waals surface area contributed by atoms with Crippen molar-refractivity contribution in [3.63, 3.8) is 0 Å². The van der Waals surface area contributed by atoms with Crippen molar-refractivity contribution >= 4 is 28.4 Å². The third kappa shape index (κ3) is 1.79. The monoisotopic (exact) mass is 284 g/mol. The van der Waals surface area contributed by atoms with E-state index in [1.165, 1.54) is 21.0 Å². The van der Waals surface area contributed by atoms with Crippen molar-refractivity contribution in [1.82, 2.24) is 4.98 Å². The molecule has 4 heteroatoms. The summed E-state index contributed by atoms with van der Waals surface area (Å²) >= 11 is 3.64. The zero-order valence-corrected chi connectivity index (χ0v) is 11.9. The summed E-state index contributed by atoms with van der Waals surface area (Å²) in [5.41, 5.74) is 10.3. The Morgan fingerprint density at radius 3 is 2.89 bits per heavy atom. The molecule has 2 N–H and O–H groups in total. The number of rotatable bonds is 1. The maximum absolute atomic E-state index is 5.86. The Hall–Kier alpha value is -1.65. The molecule has 94 valence electrons. The molecule has 0 radical (unpaired) electrons. The van der Waals surface area contributed by atoms with Gasteiger partial charge in [0.25, 0.3) is 0 Å². The van der Waals surface area contributed by atoms with Crippen molar-refractivity contribution < 1.29 is 0 Å². The standard InChI is InChI=1S/C15H12N2S2/c16-10-3-1-2-9(8-10)15-17-14-11-6-7-18-12(11)4-5-13(14)19-15/h1-3,6-8H,4-5,16H2. The van der Waals surface area contributed by atoms with Crippen molar-refractivity contribution in [1.29, 1.82) is 0 Å². The molecule has 0 aliphatic heterocycles. The number of nitrogens with zero attached hydrogens (tertiary/aromatic N) is 1. The number of nitrogens with two attached hydrogens (primary N) is 1. The van der Waals surface area contributed by atoms with E-state index in [0.717, 1.165) is 29.1 Å². The van der Waals surface area contributed by atoms with Crippen LogP contribution in [0.4, 0.5) is 5.69 Å². The van der Waals surface area contributed by atoms with E-state index in [9.17, 15) is 0 Å². The summed E-state index contributed by atoms with van der Waals surface area (Å²) in [7, 11) is 0. The zero-order valence-electron chi connectivity index (χ0n) is 10.2. The van der Waals surface area contributed by atoms with Crippen LogP contribution in [-0.2, 0) is 12.8 Å². The number of hydrogen-bond acceptors (Lipinski definition) is 4. The van der Waals surface area contributed by atoms with Crippen LogP contribution >= 0.6 is 22.7 Å². The fourth-order valence-corrected chi connectivity index (χ4v) is 4.45. The van der Waals surface area contributed by atoms with Crippen LogP contribution in [-0.4, -0.2) is 4.98 Å². The molecule has 2 heterocycles. The van der Waals surface area contributed by atoms with Crippen LogP contribution in [0.1, 0.15) is 9.75 Å². The molecule has 0 saturated heterocycles. The second-order valence-electron chi connectivity index (χ2n) is 4.67. The quantitative estimate of drug-likeness (QED) is 0.679. The van der Waals surface area contributed by atoms with E-state index in [2.05, 4.69) is 17.5 Å². The number of nitrogen functional groups attached to an aromatic ring is 1. The summed E-state index contributed by atoms with van der Waals surface area (Å²) in [6.45, 7) is 0. The molecule has 0 bridgehead atoms. The van der Waals surface area contributed by atoms with Crippen LogP contribution in [0.2, 0.25) is 0 Å². The summed E-state index contributed by atoms with van der Waals surface area (Å²) in [6.07, 6.45) is 2.27. The van der Waals surface area contributed by atoms with Gasteiger partial charge in [0.15, 0.2) is 0 Å². The second-order valence-corrected chi connectivity index (χ2v) is 6.76. The largest absolute Gasteiger partial charge is 0.399 e. The fourth-order valence-electron chi connectivity index (χ4n) is 2.50. The van der Waals surface area contributed by atoms with Crippen LogP contribution < -0.4 is 5.73 Å². The number of fused-ring (bicyclic) bond motifs is 3. The number of aryl methyl sites for hydroxylation is 2. The van der Waals surface area contributed by atoms with Crippen molar-refractivity contribution in [2.75, 3.05) is 5.73 Å². The van der Waals surface area contributed by atoms with Crippen molar-refractivity contribution in [3.8, 4) is 21.8 Å². The molecule has 4 rings (SSSR count). The number of aromatic nitrogens is 1. The van der Waals surface area contributed by atoms with Gasteiger partial charge in [-0.2, -0.15) is 0 Å². The number of anilines is 1. The predicted octanol–water partition coefficient (Wildman–Crippen LogP) is 4.22. The van der Waals surface area contributed by atoms with Gasteiger partial charge in [0.2, 0.25) is 0 Å². The van der Waals surface area contributed by atoms with E-state index in [1.54, 1.807) is 11.3 Å². The van der Waals surface area contributed by atoms with Gasteiger partial charge in [-0.05, 0) is 36.4 Å². The molecule has 0 saturated carbocycles. The minimum atomic E-state index is 0.793. The highest BCUT2D eigenvalue weighted by Gasteiger charge is 2.22. The summed E-state index contributed by atoms with van der Waals surface area (Å²) in [4.78, 5) is 7.72. The summed E-state index contributed by atoms with van der Waals surface area (Å²) in [6, 6.07) is 10.2. The lowest BCUT2D eigenvalue weighted by atomic mass is 10.0. The van der Waals surface area contributed by atoms with E-state index >= 15 is 0 Å². The van der Waals surface area contributed by atoms with Crippen molar-refractivity contribution in [2.24, 2.45) is 0 Å². The van der Waals surface area contributed by atoms with Crippen LogP contribution in [0.15, 0.2) is 35.7 Å². The van der Waals surface area contributed by atoms with Gasteiger partial charge in [0.1, 0.15) is 5.01 Å². The Morgan fingerprint density at radius 2 is 2.00 bits per heavy atom. The minimum absolute atomic E-state index is 0.793. The van der Waals surface area contributed by atoms with E-state index < -0.39 is 0 Å². The highest BCUT2D eigenvalue weighted by molar-refractivity contribution is 7.15. The van der Waals surface area contributed by atoms with E-state index in [-0.39, 0.29) is 0 Å². The van der Waals surface area contributed by atoms with Gasteiger partial charge < -0.3 is 5.73 Å². The Kier molecular flexibility index (Phi) is 2.47. The lowest BCUT2D eigenvalue weighted by molar-refractivity contribution is 0.979. The number of hydrogen-bond donors (Lipinski definition) is 1. The summed E-state index contributed by atoms with van der Waals surface area (Å²) in [5, 5.41) is 3.25. The Balaban J connectivity index is 1.86. The van der Waals surface area contributed by atoms with E-state index in [1.807, 2.05) is 29.5 Å². The van der Waals surface area contributed by atoms with Gasteiger partial charge >= 0.3 is 0 Å². The molecule has 2 nitrogen and oxygen atoms in total. The number of thiazole rings is 1. The normalized spacial score (nSPS) is 13.1. The average Bonchev–Trinajstić information content (AvgIpc) is 3.04.